The minimum Gasteiger partial charge on any atom is -0.469 e. The van der Waals surface area contributed by atoms with Gasteiger partial charge < -0.3 is 14.2 Å². The van der Waals surface area contributed by atoms with Gasteiger partial charge >= 0.3 is 5.97 Å². The molecule has 1 saturated carbocycles. The Morgan fingerprint density at radius 2 is 2.16 bits per heavy atom. The molecule has 0 spiro atoms. The molecule has 0 saturated heterocycles. The maximum absolute atomic E-state index is 12.0. The Labute approximate surface area is 114 Å². The summed E-state index contributed by atoms with van der Waals surface area (Å²) in [4.78, 5) is 12.0. The van der Waals surface area contributed by atoms with Gasteiger partial charge in [-0.25, -0.2) is 0 Å². The van der Waals surface area contributed by atoms with E-state index in [1.165, 1.54) is 7.11 Å². The second-order valence-corrected chi connectivity index (χ2v) is 5.57. The average Bonchev–Trinajstić information content (AvgIpc) is 3.07. The highest BCUT2D eigenvalue weighted by molar-refractivity contribution is 5.81. The van der Waals surface area contributed by atoms with Gasteiger partial charge in [-0.3, -0.25) is 4.79 Å². The predicted octanol–water partition coefficient (Wildman–Crippen LogP) is 2.31. The van der Waals surface area contributed by atoms with Gasteiger partial charge in [0.2, 0.25) is 0 Å². The van der Waals surface area contributed by atoms with Gasteiger partial charge in [0.15, 0.2) is 0 Å². The van der Waals surface area contributed by atoms with Crippen LogP contribution in [-0.2, 0) is 19.0 Å². The van der Waals surface area contributed by atoms with Crippen LogP contribution in [0, 0.1) is 16.7 Å². The van der Waals surface area contributed by atoms with Gasteiger partial charge in [0.25, 0.3) is 0 Å². The average molecular weight is 266 g/mol. The van der Waals surface area contributed by atoms with Crippen LogP contribution in [0.25, 0.3) is 0 Å². The van der Waals surface area contributed by atoms with E-state index in [1.54, 1.807) is 7.11 Å². The van der Waals surface area contributed by atoms with E-state index >= 15 is 0 Å². The molecule has 4 heteroatoms. The Balaban J connectivity index is 2.14. The summed E-state index contributed by atoms with van der Waals surface area (Å²) in [6.45, 7) is 2.75. The minimum atomic E-state index is -0.449. The smallest absolute Gasteiger partial charge is 0.312 e. The minimum absolute atomic E-state index is 0.142. The fourth-order valence-corrected chi connectivity index (χ4v) is 3.24. The zero-order valence-corrected chi connectivity index (χ0v) is 11.8. The van der Waals surface area contributed by atoms with Gasteiger partial charge in [-0.15, -0.1) is 0 Å². The normalized spacial score (nSPS) is 36.3. The van der Waals surface area contributed by atoms with Crippen LogP contribution < -0.4 is 0 Å². The molecule has 1 unspecified atom stereocenters. The van der Waals surface area contributed by atoms with Crippen molar-refractivity contribution in [2.45, 2.75) is 19.8 Å². The zero-order valence-electron chi connectivity index (χ0n) is 11.8. The first-order valence-corrected chi connectivity index (χ1v) is 6.59. The summed E-state index contributed by atoms with van der Waals surface area (Å²) < 4.78 is 15.5. The molecule has 2 aliphatic carbocycles. The number of allylic oxidation sites excluding steroid dienone is 4. The van der Waals surface area contributed by atoms with Crippen molar-refractivity contribution in [1.29, 1.82) is 0 Å². The Morgan fingerprint density at radius 1 is 1.37 bits per heavy atom. The van der Waals surface area contributed by atoms with E-state index in [9.17, 15) is 4.79 Å². The Bertz CT molecular complexity index is 401. The topological polar surface area (TPSA) is 44.8 Å². The van der Waals surface area contributed by atoms with E-state index in [-0.39, 0.29) is 18.2 Å². The quantitative estimate of drug-likeness (QED) is 0.420. The molecule has 1 fully saturated rings. The Hall–Kier alpha value is -1.13. The molecule has 0 heterocycles. The van der Waals surface area contributed by atoms with Crippen LogP contribution in [-0.4, -0.2) is 33.6 Å². The summed E-state index contributed by atoms with van der Waals surface area (Å²) >= 11 is 0. The molecular weight excluding hydrogens is 244 g/mol. The van der Waals surface area contributed by atoms with Crippen LogP contribution in [0.1, 0.15) is 19.8 Å². The fraction of sp³-hybridized carbons (Fsp3) is 0.667. The van der Waals surface area contributed by atoms with E-state index in [4.69, 9.17) is 14.2 Å². The molecule has 0 N–H and O–H groups in total. The third-order valence-corrected chi connectivity index (χ3v) is 4.53. The first-order valence-electron chi connectivity index (χ1n) is 6.59. The molecule has 0 bridgehead atoms. The van der Waals surface area contributed by atoms with Crippen molar-refractivity contribution in [3.63, 3.8) is 0 Å². The summed E-state index contributed by atoms with van der Waals surface area (Å²) in [6, 6.07) is 0. The first kappa shape index (κ1) is 14.3. The van der Waals surface area contributed by atoms with Crippen molar-refractivity contribution < 1.29 is 19.0 Å². The lowest BCUT2D eigenvalue weighted by Crippen LogP contribution is -2.32. The number of hydrogen-bond donors (Lipinski definition) is 0. The number of hydrogen-bond acceptors (Lipinski definition) is 4. The summed E-state index contributed by atoms with van der Waals surface area (Å²) in [5.41, 5.74) is -0.616. The van der Waals surface area contributed by atoms with Crippen molar-refractivity contribution in [2.24, 2.45) is 16.7 Å². The van der Waals surface area contributed by atoms with Crippen LogP contribution in [0.4, 0.5) is 0 Å². The second-order valence-electron chi connectivity index (χ2n) is 5.57. The number of esters is 1. The molecule has 0 amide bonds. The molecule has 19 heavy (non-hydrogen) atoms. The molecule has 0 aliphatic heterocycles. The van der Waals surface area contributed by atoms with Crippen LogP contribution in [0.15, 0.2) is 24.3 Å². The summed E-state index contributed by atoms with van der Waals surface area (Å²) in [5.74, 6) is 0.176. The summed E-state index contributed by atoms with van der Waals surface area (Å²) in [7, 11) is 3.05. The third-order valence-electron chi connectivity index (χ3n) is 4.53. The monoisotopic (exact) mass is 266 g/mol. The van der Waals surface area contributed by atoms with Gasteiger partial charge in [-0.2, -0.15) is 0 Å². The summed E-state index contributed by atoms with van der Waals surface area (Å²) in [6.07, 6.45) is 10.1. The van der Waals surface area contributed by atoms with Gasteiger partial charge in [0.05, 0.1) is 19.1 Å². The van der Waals surface area contributed by atoms with Crippen molar-refractivity contribution in [3.8, 4) is 0 Å². The number of ether oxygens (including phenoxy) is 3. The Morgan fingerprint density at radius 3 is 2.74 bits per heavy atom. The second kappa shape index (κ2) is 5.47. The number of carbonyl (C=O) groups excluding carboxylic acids is 1. The standard InChI is InChI=1S/C15H22O4/c1-14(13(16)18-3)9-15(14,10-19-11-17-2)12-7-5-4-6-8-12/h4-7,12H,8-11H2,1-3H3/t12?,14-,15+/m0/s1. The lowest BCUT2D eigenvalue weighted by atomic mass is 9.79. The molecule has 106 valence electrons. The highest BCUT2D eigenvalue weighted by Gasteiger charge is 2.72. The largest absolute Gasteiger partial charge is 0.469 e. The maximum atomic E-state index is 12.0. The maximum Gasteiger partial charge on any atom is 0.312 e. The van der Waals surface area contributed by atoms with E-state index in [2.05, 4.69) is 12.2 Å². The van der Waals surface area contributed by atoms with Crippen LogP contribution in [0.5, 0.6) is 0 Å². The number of methoxy groups -OCH3 is 2. The van der Waals surface area contributed by atoms with E-state index in [1.807, 2.05) is 19.1 Å². The predicted molar refractivity (Wildman–Crippen MR) is 71.4 cm³/mol. The molecular formula is C15H22O4. The highest BCUT2D eigenvalue weighted by Crippen LogP contribution is 2.69. The van der Waals surface area contributed by atoms with E-state index in [0.717, 1.165) is 12.8 Å². The van der Waals surface area contributed by atoms with Gasteiger partial charge in [0.1, 0.15) is 6.79 Å². The van der Waals surface area contributed by atoms with Gasteiger partial charge in [0, 0.05) is 12.5 Å². The molecule has 0 aromatic rings. The van der Waals surface area contributed by atoms with Crippen molar-refractivity contribution in [1.82, 2.24) is 0 Å². The molecule has 0 aromatic carbocycles. The lowest BCUT2D eigenvalue weighted by Gasteiger charge is -2.29. The molecule has 2 rings (SSSR count). The third kappa shape index (κ3) is 2.35. The van der Waals surface area contributed by atoms with Crippen molar-refractivity contribution >= 4 is 5.97 Å². The van der Waals surface area contributed by atoms with Gasteiger partial charge in [-0.05, 0) is 25.7 Å². The zero-order chi connectivity index (χ0) is 13.9. The van der Waals surface area contributed by atoms with Crippen LogP contribution in [0.3, 0.4) is 0 Å². The molecule has 0 radical (unpaired) electrons. The molecule has 0 aromatic heterocycles. The molecule has 4 nitrogen and oxygen atoms in total. The van der Waals surface area contributed by atoms with Crippen molar-refractivity contribution in [3.05, 3.63) is 24.3 Å². The van der Waals surface area contributed by atoms with E-state index in [0.29, 0.717) is 12.5 Å². The molecule has 3 atom stereocenters. The first-order chi connectivity index (χ1) is 9.10. The van der Waals surface area contributed by atoms with Gasteiger partial charge in [-0.1, -0.05) is 24.3 Å². The lowest BCUT2D eigenvalue weighted by molar-refractivity contribution is -0.150. The number of carbonyl (C=O) groups is 1. The highest BCUT2D eigenvalue weighted by atomic mass is 16.7. The SMILES string of the molecule is COCOC[C@@]1(C2C=CC=CC2)C[C@@]1(C)C(=O)OC. The summed E-state index contributed by atoms with van der Waals surface area (Å²) in [5, 5.41) is 0. The fourth-order valence-electron chi connectivity index (χ4n) is 3.24. The number of rotatable bonds is 6. The molecule has 2 aliphatic rings. The van der Waals surface area contributed by atoms with Crippen LogP contribution in [0.2, 0.25) is 0 Å². The Kier molecular flexibility index (Phi) is 4.11. The van der Waals surface area contributed by atoms with E-state index < -0.39 is 5.41 Å². The van der Waals surface area contributed by atoms with Crippen LogP contribution >= 0.6 is 0 Å². The van der Waals surface area contributed by atoms with Crippen molar-refractivity contribution in [2.75, 3.05) is 27.6 Å².